The molecule has 2 aliphatic heterocycles. The van der Waals surface area contributed by atoms with E-state index in [-0.39, 0.29) is 23.6 Å². The minimum Gasteiger partial charge on any atom is -0.356 e. The van der Waals surface area contributed by atoms with Crippen molar-refractivity contribution in [2.24, 2.45) is 5.92 Å². The molecular formula is C25H34N4O3S. The number of nitrogens with one attached hydrogen (secondary N) is 1. The number of carbonyl (C=O) groups excluding carboxylic acids is 1. The van der Waals surface area contributed by atoms with Crippen LogP contribution in [0.25, 0.3) is 0 Å². The van der Waals surface area contributed by atoms with Crippen LogP contribution in [0.4, 0.5) is 0 Å². The zero-order valence-electron chi connectivity index (χ0n) is 19.1. The van der Waals surface area contributed by atoms with Crippen LogP contribution in [0.5, 0.6) is 0 Å². The second kappa shape index (κ2) is 11.2. The third kappa shape index (κ3) is 6.40. The molecule has 1 aromatic carbocycles. The van der Waals surface area contributed by atoms with Gasteiger partial charge in [0.05, 0.1) is 11.7 Å². The number of pyridine rings is 1. The van der Waals surface area contributed by atoms with E-state index in [9.17, 15) is 13.2 Å². The average Bonchev–Trinajstić information content (AvgIpc) is 2.86. The zero-order chi connectivity index (χ0) is 23.1. The Morgan fingerprint density at radius 3 is 2.48 bits per heavy atom. The van der Waals surface area contributed by atoms with Crippen molar-refractivity contribution in [2.75, 3.05) is 26.2 Å². The van der Waals surface area contributed by atoms with Crippen LogP contribution in [0.1, 0.15) is 43.2 Å². The molecule has 1 aromatic heterocycles. The molecule has 0 radical (unpaired) electrons. The monoisotopic (exact) mass is 470 g/mol. The Labute approximate surface area is 197 Å². The Kier molecular flexibility index (Phi) is 8.11. The SMILES string of the molecule is O=C1NCCCCCCN(Cc2ccncc2)C2CN(S(=O)(=O)Cc3ccccc3)CCC12. The van der Waals surface area contributed by atoms with Gasteiger partial charge in [0.15, 0.2) is 0 Å². The van der Waals surface area contributed by atoms with Gasteiger partial charge in [0.25, 0.3) is 0 Å². The quantitative estimate of drug-likeness (QED) is 0.727. The largest absolute Gasteiger partial charge is 0.356 e. The summed E-state index contributed by atoms with van der Waals surface area (Å²) in [4.78, 5) is 19.6. The van der Waals surface area contributed by atoms with Gasteiger partial charge in [-0.25, -0.2) is 12.7 Å². The first kappa shape index (κ1) is 23.9. The average molecular weight is 471 g/mol. The molecule has 0 aliphatic carbocycles. The lowest BCUT2D eigenvalue weighted by Gasteiger charge is -2.43. The third-order valence-corrected chi connectivity index (χ3v) is 8.56. The van der Waals surface area contributed by atoms with E-state index in [2.05, 4.69) is 15.2 Å². The van der Waals surface area contributed by atoms with E-state index in [1.165, 1.54) is 0 Å². The fourth-order valence-corrected chi connectivity index (χ4v) is 6.49. The maximum absolute atomic E-state index is 13.3. The predicted octanol–water partition coefficient (Wildman–Crippen LogP) is 2.79. The van der Waals surface area contributed by atoms with E-state index in [4.69, 9.17) is 0 Å². The summed E-state index contributed by atoms with van der Waals surface area (Å²) in [5.74, 6) is -0.170. The lowest BCUT2D eigenvalue weighted by Crippen LogP contribution is -2.57. The molecule has 1 N–H and O–H groups in total. The van der Waals surface area contributed by atoms with Crippen LogP contribution in [0, 0.1) is 5.92 Å². The highest BCUT2D eigenvalue weighted by atomic mass is 32.2. The molecule has 33 heavy (non-hydrogen) atoms. The number of benzene rings is 1. The summed E-state index contributed by atoms with van der Waals surface area (Å²) in [6, 6.07) is 13.1. The van der Waals surface area contributed by atoms with Crippen LogP contribution < -0.4 is 5.32 Å². The Morgan fingerprint density at radius 1 is 0.939 bits per heavy atom. The van der Waals surface area contributed by atoms with Gasteiger partial charge in [-0.15, -0.1) is 0 Å². The number of sulfonamides is 1. The molecule has 7 nitrogen and oxygen atoms in total. The van der Waals surface area contributed by atoms with Crippen LogP contribution in [0.3, 0.4) is 0 Å². The predicted molar refractivity (Wildman–Crippen MR) is 129 cm³/mol. The third-order valence-electron chi connectivity index (χ3n) is 6.74. The second-order valence-corrected chi connectivity index (χ2v) is 11.1. The standard InChI is InChI=1S/C25H34N4O3S/c30-25-23-12-17-29(33(31,32)20-22-8-4-3-5-9-22)19-24(23)28(16-7-2-1-6-13-27-25)18-21-10-14-26-15-11-21/h3-5,8-11,14-15,23-24H,1-2,6-7,12-13,16-20H2,(H,27,30). The van der Waals surface area contributed by atoms with E-state index in [0.717, 1.165) is 43.4 Å². The summed E-state index contributed by atoms with van der Waals surface area (Å²) < 4.78 is 28.2. The normalized spacial score (nSPS) is 23.8. The van der Waals surface area contributed by atoms with E-state index in [1.54, 1.807) is 16.7 Å². The summed E-state index contributed by atoms with van der Waals surface area (Å²) in [5, 5.41) is 3.11. The summed E-state index contributed by atoms with van der Waals surface area (Å²) in [5.41, 5.74) is 1.91. The fourth-order valence-electron chi connectivity index (χ4n) is 4.93. The Bertz CT molecular complexity index is 1000. The number of piperidine rings is 1. The minimum atomic E-state index is -3.48. The van der Waals surface area contributed by atoms with Gasteiger partial charge in [0.2, 0.25) is 15.9 Å². The lowest BCUT2D eigenvalue weighted by atomic mass is 9.90. The van der Waals surface area contributed by atoms with Crippen LogP contribution in [0.2, 0.25) is 0 Å². The molecule has 0 saturated carbocycles. The van der Waals surface area contributed by atoms with E-state index in [1.807, 2.05) is 42.5 Å². The smallest absolute Gasteiger partial charge is 0.224 e. The van der Waals surface area contributed by atoms with E-state index < -0.39 is 10.0 Å². The van der Waals surface area contributed by atoms with Crippen molar-refractivity contribution in [2.45, 2.75) is 50.4 Å². The first-order valence-corrected chi connectivity index (χ1v) is 13.6. The lowest BCUT2D eigenvalue weighted by molar-refractivity contribution is -0.129. The van der Waals surface area contributed by atoms with Gasteiger partial charge in [0, 0.05) is 44.6 Å². The summed E-state index contributed by atoms with van der Waals surface area (Å²) in [6.07, 6.45) is 8.33. The van der Waals surface area contributed by atoms with Crippen molar-refractivity contribution < 1.29 is 13.2 Å². The van der Waals surface area contributed by atoms with Crippen LogP contribution >= 0.6 is 0 Å². The van der Waals surface area contributed by atoms with E-state index in [0.29, 0.717) is 32.6 Å². The molecule has 2 atom stereocenters. The molecule has 4 rings (SSSR count). The number of aromatic nitrogens is 1. The van der Waals surface area contributed by atoms with Crippen molar-refractivity contribution >= 4 is 15.9 Å². The number of hydrogen-bond acceptors (Lipinski definition) is 5. The highest BCUT2D eigenvalue weighted by Gasteiger charge is 2.41. The van der Waals surface area contributed by atoms with Crippen LogP contribution in [-0.4, -0.2) is 60.7 Å². The number of rotatable bonds is 5. The van der Waals surface area contributed by atoms with Crippen molar-refractivity contribution in [1.29, 1.82) is 0 Å². The highest BCUT2D eigenvalue weighted by Crippen LogP contribution is 2.28. The van der Waals surface area contributed by atoms with E-state index >= 15 is 0 Å². The number of nitrogens with zero attached hydrogens (tertiary/aromatic N) is 3. The molecule has 1 amide bonds. The fraction of sp³-hybridized carbons (Fsp3) is 0.520. The molecule has 2 unspecified atom stereocenters. The van der Waals surface area contributed by atoms with Crippen molar-refractivity contribution in [3.8, 4) is 0 Å². The molecule has 2 aliphatic rings. The molecule has 0 spiro atoms. The maximum Gasteiger partial charge on any atom is 0.224 e. The number of fused-ring (bicyclic) bond motifs is 1. The van der Waals surface area contributed by atoms with Crippen molar-refractivity contribution in [1.82, 2.24) is 19.5 Å². The Balaban J connectivity index is 1.59. The van der Waals surface area contributed by atoms with Crippen LogP contribution in [0.15, 0.2) is 54.9 Å². The van der Waals surface area contributed by atoms with Gasteiger partial charge in [-0.2, -0.15) is 0 Å². The molecule has 2 fully saturated rings. The summed E-state index contributed by atoms with van der Waals surface area (Å²) in [7, 11) is -3.48. The minimum absolute atomic E-state index is 0.0121. The van der Waals surface area contributed by atoms with Crippen molar-refractivity contribution in [3.63, 3.8) is 0 Å². The van der Waals surface area contributed by atoms with Gasteiger partial charge >= 0.3 is 0 Å². The number of amides is 1. The molecule has 8 heteroatoms. The molecule has 0 bridgehead atoms. The molecular weight excluding hydrogens is 436 g/mol. The second-order valence-electron chi connectivity index (χ2n) is 9.09. The van der Waals surface area contributed by atoms with Gasteiger partial charge in [-0.1, -0.05) is 43.2 Å². The first-order chi connectivity index (χ1) is 16.0. The number of carbonyl (C=O) groups is 1. The van der Waals surface area contributed by atoms with Gasteiger partial charge in [-0.05, 0) is 49.1 Å². The Hall–Kier alpha value is -2.29. The zero-order valence-corrected chi connectivity index (χ0v) is 19.9. The Morgan fingerprint density at radius 2 is 1.70 bits per heavy atom. The van der Waals surface area contributed by atoms with Gasteiger partial charge in [-0.3, -0.25) is 14.7 Å². The summed E-state index contributed by atoms with van der Waals surface area (Å²) >= 11 is 0. The molecule has 2 saturated heterocycles. The highest BCUT2D eigenvalue weighted by molar-refractivity contribution is 7.88. The van der Waals surface area contributed by atoms with Crippen LogP contribution in [-0.2, 0) is 27.1 Å². The summed E-state index contributed by atoms with van der Waals surface area (Å²) in [6.45, 7) is 2.96. The molecule has 3 heterocycles. The molecule has 178 valence electrons. The van der Waals surface area contributed by atoms with Crippen molar-refractivity contribution in [3.05, 3.63) is 66.0 Å². The van der Waals surface area contributed by atoms with Gasteiger partial charge in [0.1, 0.15) is 0 Å². The maximum atomic E-state index is 13.3. The topological polar surface area (TPSA) is 82.6 Å². The molecule has 2 aromatic rings. The number of hydrogen-bond donors (Lipinski definition) is 1. The van der Waals surface area contributed by atoms with Gasteiger partial charge < -0.3 is 5.32 Å². The first-order valence-electron chi connectivity index (χ1n) is 12.0.